The van der Waals surface area contributed by atoms with E-state index in [1.165, 1.54) is 25.2 Å². The summed E-state index contributed by atoms with van der Waals surface area (Å²) in [4.78, 5) is 31.0. The number of anilines is 3. The average molecular weight is 525 g/mol. The number of fused-ring (bicyclic) bond motifs is 2. The lowest BCUT2D eigenvalue weighted by atomic mass is 10.1. The highest BCUT2D eigenvalue weighted by Crippen LogP contribution is 2.59. The predicted octanol–water partition coefficient (Wildman–Crippen LogP) is 2.14. The number of nitrogens with one attached hydrogen (secondary N) is 1. The molecule has 0 spiro atoms. The van der Waals surface area contributed by atoms with E-state index in [0.29, 0.717) is 23.0 Å². The van der Waals surface area contributed by atoms with E-state index in [9.17, 15) is 9.79 Å². The number of nitrogen functional groups attached to an aromatic ring is 1. The Bertz CT molecular complexity index is 973. The lowest BCUT2D eigenvalue weighted by Crippen LogP contribution is -2.50. The Balaban J connectivity index is 1.49. The molecule has 0 saturated carbocycles. The second-order valence-corrected chi connectivity index (χ2v) is 11.0. The third-order valence-corrected chi connectivity index (χ3v) is 8.43. The Labute approximate surface area is 198 Å². The zero-order valence-corrected chi connectivity index (χ0v) is 19.9. The van der Waals surface area contributed by atoms with Crippen LogP contribution >= 0.6 is 43.1 Å². The van der Waals surface area contributed by atoms with Crippen LogP contribution < -0.4 is 16.0 Å². The molecule has 1 aliphatic carbocycles. The summed E-state index contributed by atoms with van der Waals surface area (Å²) in [6.07, 6.45) is 2.96. The van der Waals surface area contributed by atoms with Gasteiger partial charge in [-0.05, 0) is 6.08 Å². The van der Waals surface area contributed by atoms with E-state index in [1.54, 1.807) is 0 Å². The molecular weight excluding hydrogens is 504 g/mol. The van der Waals surface area contributed by atoms with Crippen molar-refractivity contribution in [1.82, 2.24) is 9.97 Å². The summed E-state index contributed by atoms with van der Waals surface area (Å²) in [5, 5.41) is 3.82. The summed E-state index contributed by atoms with van der Waals surface area (Å²) in [5.41, 5.74) is 6.21. The van der Waals surface area contributed by atoms with Crippen LogP contribution in [0.1, 0.15) is 6.42 Å². The van der Waals surface area contributed by atoms with Gasteiger partial charge in [0.15, 0.2) is 29.5 Å². The van der Waals surface area contributed by atoms with Crippen molar-refractivity contribution < 1.29 is 28.3 Å². The van der Waals surface area contributed by atoms with Gasteiger partial charge in [0.1, 0.15) is 30.8 Å². The number of allylic oxidation sites excluding steroid dienone is 3. The summed E-state index contributed by atoms with van der Waals surface area (Å²) in [6, 6.07) is 0. The summed E-state index contributed by atoms with van der Waals surface area (Å²) in [6.45, 7) is -0.0452. The van der Waals surface area contributed by atoms with Crippen molar-refractivity contribution in [2.75, 3.05) is 29.7 Å². The SMILES string of the molecule is COC1C(N2c3ncnc(N)c3NC2SC2=C(Cl)CC(Cl)C=C2)O[C@@H]2CO[P+](O)(O)O[C@@H]12. The largest absolute Gasteiger partial charge is 0.570 e. The van der Waals surface area contributed by atoms with E-state index in [4.69, 9.17) is 47.5 Å². The predicted molar refractivity (Wildman–Crippen MR) is 122 cm³/mol. The van der Waals surface area contributed by atoms with Gasteiger partial charge in [0.2, 0.25) is 0 Å². The van der Waals surface area contributed by atoms with Crippen molar-refractivity contribution in [2.24, 2.45) is 0 Å². The molecule has 1 aromatic rings. The number of halogens is 2. The molecule has 4 aliphatic rings. The van der Waals surface area contributed by atoms with E-state index in [0.717, 1.165) is 4.91 Å². The van der Waals surface area contributed by atoms with E-state index in [-0.39, 0.29) is 17.8 Å². The van der Waals surface area contributed by atoms with Gasteiger partial charge in [-0.15, -0.1) is 16.1 Å². The molecule has 0 amide bonds. The Morgan fingerprint density at radius 3 is 2.97 bits per heavy atom. The molecule has 3 aliphatic heterocycles. The highest BCUT2D eigenvalue weighted by molar-refractivity contribution is 8.04. The minimum absolute atomic E-state index is 0.0452. The van der Waals surface area contributed by atoms with E-state index in [1.807, 2.05) is 17.1 Å². The van der Waals surface area contributed by atoms with Gasteiger partial charge in [0.05, 0.1) is 5.38 Å². The van der Waals surface area contributed by atoms with Crippen molar-refractivity contribution in [3.8, 4) is 0 Å². The first-order valence-corrected chi connectivity index (χ1v) is 12.9. The Morgan fingerprint density at radius 2 is 2.22 bits per heavy atom. The molecule has 2 fully saturated rings. The van der Waals surface area contributed by atoms with Gasteiger partial charge >= 0.3 is 8.17 Å². The fraction of sp³-hybridized carbons (Fsp3) is 0.529. The molecule has 4 unspecified atom stereocenters. The zero-order valence-electron chi connectivity index (χ0n) is 16.7. The zero-order chi connectivity index (χ0) is 22.6. The number of methoxy groups -OCH3 is 1. The van der Waals surface area contributed by atoms with Crippen molar-refractivity contribution in [1.29, 1.82) is 0 Å². The number of nitrogens with zero attached hydrogens (tertiary/aromatic N) is 3. The van der Waals surface area contributed by atoms with Crippen LogP contribution in [0.25, 0.3) is 0 Å². The Morgan fingerprint density at radius 1 is 1.41 bits per heavy atom. The van der Waals surface area contributed by atoms with Crippen LogP contribution in [0.2, 0.25) is 0 Å². The van der Waals surface area contributed by atoms with Gasteiger partial charge in [0, 0.05) is 23.5 Å². The van der Waals surface area contributed by atoms with Gasteiger partial charge in [0.25, 0.3) is 0 Å². The molecule has 174 valence electrons. The second kappa shape index (κ2) is 8.70. The second-order valence-electron chi connectivity index (χ2n) is 7.45. The third kappa shape index (κ3) is 4.07. The Kier molecular flexibility index (Phi) is 6.21. The molecule has 5 N–H and O–H groups in total. The first-order valence-electron chi connectivity index (χ1n) is 9.66. The highest BCUT2D eigenvalue weighted by atomic mass is 35.5. The number of nitrogens with two attached hydrogens (primary N) is 1. The van der Waals surface area contributed by atoms with Crippen LogP contribution in [0, 0.1) is 0 Å². The molecule has 0 radical (unpaired) electrons. The molecule has 0 bridgehead atoms. The number of alkyl halides is 1. The summed E-state index contributed by atoms with van der Waals surface area (Å²) < 4.78 is 22.3. The fourth-order valence-corrected chi connectivity index (χ4v) is 6.78. The first-order chi connectivity index (χ1) is 15.3. The number of thioether (sulfide) groups is 1. The number of hydrogen-bond donors (Lipinski definition) is 4. The van der Waals surface area contributed by atoms with Crippen LogP contribution in [-0.2, 0) is 18.5 Å². The smallest absolute Gasteiger partial charge is 0.382 e. The van der Waals surface area contributed by atoms with Gasteiger partial charge in [-0.3, -0.25) is 4.90 Å². The number of rotatable bonds is 4. The van der Waals surface area contributed by atoms with Crippen LogP contribution in [0.15, 0.2) is 28.4 Å². The molecule has 4 heterocycles. The fourth-order valence-electron chi connectivity index (χ4n) is 4.02. The number of hydrogen-bond acceptors (Lipinski definition) is 12. The molecule has 2 saturated heterocycles. The highest BCUT2D eigenvalue weighted by Gasteiger charge is 2.62. The van der Waals surface area contributed by atoms with Crippen LogP contribution in [-0.4, -0.2) is 68.9 Å². The lowest BCUT2D eigenvalue weighted by Gasteiger charge is -2.33. The summed E-state index contributed by atoms with van der Waals surface area (Å²) in [7, 11) is -2.44. The summed E-state index contributed by atoms with van der Waals surface area (Å²) >= 11 is 14.1. The monoisotopic (exact) mass is 524 g/mol. The molecule has 5 rings (SSSR count). The van der Waals surface area contributed by atoms with Crippen molar-refractivity contribution in [3.05, 3.63) is 28.4 Å². The normalized spacial score (nSPS) is 35.6. The molecule has 6 atom stereocenters. The quantitative estimate of drug-likeness (QED) is 0.338. The average Bonchev–Trinajstić information content (AvgIpc) is 3.27. The van der Waals surface area contributed by atoms with E-state index >= 15 is 0 Å². The van der Waals surface area contributed by atoms with Crippen LogP contribution in [0.3, 0.4) is 0 Å². The topological polar surface area (TPSA) is 144 Å². The van der Waals surface area contributed by atoms with Crippen molar-refractivity contribution in [3.63, 3.8) is 0 Å². The lowest BCUT2D eigenvalue weighted by molar-refractivity contribution is -0.0681. The van der Waals surface area contributed by atoms with E-state index in [2.05, 4.69) is 15.3 Å². The number of aromatic nitrogens is 2. The molecule has 15 heteroatoms. The van der Waals surface area contributed by atoms with Crippen molar-refractivity contribution >= 4 is 60.5 Å². The molecule has 11 nitrogen and oxygen atoms in total. The summed E-state index contributed by atoms with van der Waals surface area (Å²) in [5.74, 6) is 0.796. The maximum absolute atomic E-state index is 9.90. The Hall–Kier alpha value is -0.920. The molecule has 32 heavy (non-hydrogen) atoms. The van der Waals surface area contributed by atoms with Gasteiger partial charge in [-0.1, -0.05) is 29.4 Å². The van der Waals surface area contributed by atoms with Gasteiger partial charge in [-0.25, -0.2) is 9.97 Å². The molecular formula is C17H21Cl2N5O6PS+. The van der Waals surface area contributed by atoms with Crippen molar-refractivity contribution in [2.45, 2.75) is 41.8 Å². The molecule has 0 aromatic carbocycles. The van der Waals surface area contributed by atoms with E-state index < -0.39 is 38.2 Å². The minimum atomic E-state index is -3.94. The van der Waals surface area contributed by atoms with Gasteiger partial charge < -0.3 is 20.5 Å². The molecule has 1 aromatic heterocycles. The maximum atomic E-state index is 9.90. The maximum Gasteiger partial charge on any atom is 0.570 e. The van der Waals surface area contributed by atoms with Crippen LogP contribution in [0.4, 0.5) is 17.3 Å². The number of ether oxygens (including phenoxy) is 2. The van der Waals surface area contributed by atoms with Crippen LogP contribution in [0.5, 0.6) is 0 Å². The van der Waals surface area contributed by atoms with Gasteiger partial charge in [-0.2, -0.15) is 14.3 Å². The standard InChI is InChI=1S/C17H21Cl2N5O6PS/c1-27-13-12-9(5-28-31(25,26)30-12)29-16(13)24-15-11(14(20)21-6-22-15)23-17(24)32-10-3-2-7(18)4-8(10)19/h2-3,6-7,9,12-13,16-17,23,25-26H,4-5H2,1H3,(H2,20,21,22)/q+1/t7?,9-,12-,13?,16?,17?/m1/s1. The minimum Gasteiger partial charge on any atom is -0.382 e. The first kappa shape index (κ1) is 22.9. The third-order valence-electron chi connectivity index (χ3n) is 5.46.